The number of hydrogen-bond acceptors (Lipinski definition) is 6. The number of amides is 1. The summed E-state index contributed by atoms with van der Waals surface area (Å²) >= 11 is 1.45. The Bertz CT molecular complexity index is 893. The van der Waals surface area contributed by atoms with Gasteiger partial charge >= 0.3 is 0 Å². The van der Waals surface area contributed by atoms with Crippen LogP contribution in [-0.2, 0) is 9.53 Å². The van der Waals surface area contributed by atoms with E-state index in [2.05, 4.69) is 26.5 Å². The topological polar surface area (TPSA) is 72.3 Å². The van der Waals surface area contributed by atoms with Crippen LogP contribution in [0.15, 0.2) is 47.1 Å². The molecule has 1 aromatic carbocycles. The Morgan fingerprint density at radius 1 is 1.19 bits per heavy atom. The van der Waals surface area contributed by atoms with Crippen LogP contribution >= 0.6 is 11.8 Å². The van der Waals surface area contributed by atoms with Crippen molar-refractivity contribution in [3.8, 4) is 5.69 Å². The second kappa shape index (κ2) is 10.8. The first-order chi connectivity index (χ1) is 15.2. The van der Waals surface area contributed by atoms with Crippen molar-refractivity contribution < 1.29 is 9.53 Å². The highest BCUT2D eigenvalue weighted by atomic mass is 32.2. The lowest BCUT2D eigenvalue weighted by Gasteiger charge is -2.28. The van der Waals surface area contributed by atoms with E-state index in [1.807, 2.05) is 41.8 Å². The number of allylic oxidation sites excluding steroid dienone is 1. The van der Waals surface area contributed by atoms with Gasteiger partial charge in [-0.2, -0.15) is 0 Å². The molecule has 1 fully saturated rings. The first-order valence-electron chi connectivity index (χ1n) is 11.2. The van der Waals surface area contributed by atoms with E-state index in [1.165, 1.54) is 43.0 Å². The van der Waals surface area contributed by atoms with Crippen LogP contribution in [0.3, 0.4) is 0 Å². The zero-order valence-corrected chi connectivity index (χ0v) is 18.9. The van der Waals surface area contributed by atoms with Crippen molar-refractivity contribution in [1.82, 2.24) is 20.1 Å². The van der Waals surface area contributed by atoms with Crippen molar-refractivity contribution in [1.29, 1.82) is 0 Å². The maximum absolute atomic E-state index is 12.7. The van der Waals surface area contributed by atoms with E-state index in [0.29, 0.717) is 19.8 Å². The number of nitrogens with one attached hydrogen (secondary N) is 1. The number of carbonyl (C=O) groups excluding carboxylic acids is 1. The molecule has 1 aliphatic carbocycles. The van der Waals surface area contributed by atoms with Gasteiger partial charge in [0.1, 0.15) is 0 Å². The number of ether oxygens (including phenoxy) is 1. The highest BCUT2D eigenvalue weighted by Gasteiger charge is 2.24. The second-order valence-electron chi connectivity index (χ2n) is 7.96. The SMILES string of the molecule is CC(Sc1nnc(N2CCOCC2)n1-c1ccccc1)C(=O)NCCC1=CCCCC1. The van der Waals surface area contributed by atoms with E-state index < -0.39 is 0 Å². The molecular formula is C23H31N5O2S. The van der Waals surface area contributed by atoms with E-state index in [0.717, 1.165) is 36.3 Å². The van der Waals surface area contributed by atoms with Crippen LogP contribution in [0.25, 0.3) is 5.69 Å². The number of aromatic nitrogens is 3. The Hall–Kier alpha value is -2.32. The van der Waals surface area contributed by atoms with Gasteiger partial charge in [0, 0.05) is 19.6 Å². The smallest absolute Gasteiger partial charge is 0.233 e. The summed E-state index contributed by atoms with van der Waals surface area (Å²) in [5.41, 5.74) is 2.47. The number of thioether (sulfide) groups is 1. The summed E-state index contributed by atoms with van der Waals surface area (Å²) in [7, 11) is 0. The number of anilines is 1. The second-order valence-corrected chi connectivity index (χ2v) is 9.27. The number of rotatable bonds is 8. The quantitative estimate of drug-likeness (QED) is 0.499. The monoisotopic (exact) mass is 441 g/mol. The Labute approximate surface area is 188 Å². The standard InChI is InChI=1S/C23H31N5O2S/c1-18(21(29)24-13-12-19-8-4-2-5-9-19)31-23-26-25-22(27-14-16-30-17-15-27)28(23)20-10-6-3-7-11-20/h3,6-8,10-11,18H,2,4-5,9,12-17H2,1H3,(H,24,29). The maximum atomic E-state index is 12.7. The molecule has 1 N–H and O–H groups in total. The van der Waals surface area contributed by atoms with E-state index in [9.17, 15) is 4.79 Å². The Morgan fingerprint density at radius 2 is 2.00 bits per heavy atom. The molecule has 0 spiro atoms. The van der Waals surface area contributed by atoms with Crippen molar-refractivity contribution in [2.75, 3.05) is 37.7 Å². The molecular weight excluding hydrogens is 410 g/mol. The minimum atomic E-state index is -0.260. The zero-order chi connectivity index (χ0) is 21.5. The predicted molar refractivity (Wildman–Crippen MR) is 124 cm³/mol. The molecule has 0 radical (unpaired) electrons. The lowest BCUT2D eigenvalue weighted by atomic mass is 9.97. The van der Waals surface area contributed by atoms with E-state index in [1.54, 1.807) is 0 Å². The molecule has 4 rings (SSSR count). The van der Waals surface area contributed by atoms with Gasteiger partial charge < -0.3 is 15.0 Å². The van der Waals surface area contributed by atoms with E-state index >= 15 is 0 Å². The fourth-order valence-electron chi connectivity index (χ4n) is 3.94. The largest absolute Gasteiger partial charge is 0.378 e. The summed E-state index contributed by atoms with van der Waals surface area (Å²) in [5.74, 6) is 0.839. The van der Waals surface area contributed by atoms with Crippen molar-refractivity contribution in [2.24, 2.45) is 0 Å². The first-order valence-corrected chi connectivity index (χ1v) is 12.1. The molecule has 2 aliphatic rings. The van der Waals surface area contributed by atoms with E-state index in [4.69, 9.17) is 4.74 Å². The molecule has 2 aromatic rings. The summed E-state index contributed by atoms with van der Waals surface area (Å²) in [5, 5.41) is 12.5. The summed E-state index contributed by atoms with van der Waals surface area (Å²) in [6, 6.07) is 10.1. The molecule has 1 aliphatic heterocycles. The number of nitrogens with zero attached hydrogens (tertiary/aromatic N) is 4. The van der Waals surface area contributed by atoms with Crippen molar-refractivity contribution >= 4 is 23.6 Å². The molecule has 1 amide bonds. The summed E-state index contributed by atoms with van der Waals surface area (Å²) in [6.07, 6.45) is 8.19. The van der Waals surface area contributed by atoms with Crippen LogP contribution in [0.1, 0.15) is 39.0 Å². The average Bonchev–Trinajstić information content (AvgIpc) is 3.24. The minimum absolute atomic E-state index is 0.0388. The van der Waals surface area contributed by atoms with Gasteiger partial charge in [-0.3, -0.25) is 9.36 Å². The lowest BCUT2D eigenvalue weighted by Crippen LogP contribution is -2.38. The minimum Gasteiger partial charge on any atom is -0.378 e. The zero-order valence-electron chi connectivity index (χ0n) is 18.1. The van der Waals surface area contributed by atoms with Gasteiger partial charge in [-0.25, -0.2) is 0 Å². The lowest BCUT2D eigenvalue weighted by molar-refractivity contribution is -0.120. The summed E-state index contributed by atoms with van der Waals surface area (Å²) in [6.45, 7) is 5.54. The van der Waals surface area contributed by atoms with Gasteiger partial charge in [-0.15, -0.1) is 10.2 Å². The van der Waals surface area contributed by atoms with Crippen molar-refractivity contribution in [3.63, 3.8) is 0 Å². The van der Waals surface area contributed by atoms with Crippen LogP contribution in [0.4, 0.5) is 5.95 Å². The molecule has 2 heterocycles. The first kappa shape index (κ1) is 21.9. The number of para-hydroxylation sites is 1. The van der Waals surface area contributed by atoms with Crippen LogP contribution < -0.4 is 10.2 Å². The molecule has 1 aromatic heterocycles. The van der Waals surface area contributed by atoms with Gasteiger partial charge in [0.25, 0.3) is 0 Å². The Kier molecular flexibility index (Phi) is 7.64. The summed E-state index contributed by atoms with van der Waals surface area (Å²) in [4.78, 5) is 14.9. The van der Waals surface area contributed by atoms with Crippen LogP contribution in [0.2, 0.25) is 0 Å². The van der Waals surface area contributed by atoms with Crippen LogP contribution in [0.5, 0.6) is 0 Å². The molecule has 166 valence electrons. The number of morpholine rings is 1. The van der Waals surface area contributed by atoms with Gasteiger partial charge in [-0.1, -0.05) is 41.6 Å². The van der Waals surface area contributed by atoms with Crippen LogP contribution in [-0.4, -0.2) is 58.8 Å². The highest BCUT2D eigenvalue weighted by Crippen LogP contribution is 2.29. The predicted octanol–water partition coefficient (Wildman–Crippen LogP) is 3.59. The molecule has 1 unspecified atom stereocenters. The summed E-state index contributed by atoms with van der Waals surface area (Å²) < 4.78 is 7.54. The molecule has 1 saturated heterocycles. The Balaban J connectivity index is 1.43. The average molecular weight is 442 g/mol. The Morgan fingerprint density at radius 3 is 2.74 bits per heavy atom. The third kappa shape index (κ3) is 5.68. The highest BCUT2D eigenvalue weighted by molar-refractivity contribution is 8.00. The third-order valence-electron chi connectivity index (χ3n) is 5.71. The fourth-order valence-corrected chi connectivity index (χ4v) is 4.83. The molecule has 31 heavy (non-hydrogen) atoms. The molecule has 0 bridgehead atoms. The molecule has 0 saturated carbocycles. The maximum Gasteiger partial charge on any atom is 0.233 e. The number of carbonyl (C=O) groups is 1. The van der Waals surface area contributed by atoms with Gasteiger partial charge in [0.15, 0.2) is 5.16 Å². The van der Waals surface area contributed by atoms with E-state index in [-0.39, 0.29) is 11.2 Å². The van der Waals surface area contributed by atoms with Crippen molar-refractivity contribution in [3.05, 3.63) is 42.0 Å². The normalized spacial score (nSPS) is 17.8. The van der Waals surface area contributed by atoms with Crippen LogP contribution in [0, 0.1) is 0 Å². The third-order valence-corrected chi connectivity index (χ3v) is 6.75. The van der Waals surface area contributed by atoms with Gasteiger partial charge in [0.2, 0.25) is 11.9 Å². The van der Waals surface area contributed by atoms with Gasteiger partial charge in [0.05, 0.1) is 24.2 Å². The number of hydrogen-bond donors (Lipinski definition) is 1. The fraction of sp³-hybridized carbons (Fsp3) is 0.522. The van der Waals surface area contributed by atoms with Gasteiger partial charge in [-0.05, 0) is 51.2 Å². The molecule has 7 nitrogen and oxygen atoms in total. The van der Waals surface area contributed by atoms with Crippen molar-refractivity contribution in [2.45, 2.75) is 49.4 Å². The molecule has 1 atom stereocenters. The number of benzene rings is 1. The molecule has 8 heteroatoms.